The van der Waals surface area contributed by atoms with E-state index in [0.717, 1.165) is 112 Å². The van der Waals surface area contributed by atoms with Crippen molar-refractivity contribution in [1.82, 2.24) is 19.1 Å². The van der Waals surface area contributed by atoms with Gasteiger partial charge in [0.1, 0.15) is 23.1 Å². The van der Waals surface area contributed by atoms with E-state index in [1.807, 2.05) is 12.1 Å². The molecule has 226 valence electrons. The van der Waals surface area contributed by atoms with Crippen LogP contribution in [0, 0.1) is 13.8 Å². The minimum absolute atomic E-state index is 0.0182. The smallest absolute Gasteiger partial charge is 0.256 e. The van der Waals surface area contributed by atoms with Crippen LogP contribution in [0.2, 0.25) is 0 Å². The topological polar surface area (TPSA) is 67.2 Å². The largest absolute Gasteiger partial charge is 0.454 e. The Morgan fingerprint density at radius 3 is 1.47 bits per heavy atom. The lowest BCUT2D eigenvalue weighted by Gasteiger charge is -2.33. The number of aryl methyl sites for hydroxylation is 2. The van der Waals surface area contributed by atoms with Crippen LogP contribution in [0.4, 0.5) is 0 Å². The quantitative estimate of drug-likeness (QED) is 0.227. The number of rotatable bonds is 0. The van der Waals surface area contributed by atoms with Gasteiger partial charge < -0.3 is 13.9 Å². The number of aromatic nitrogens is 4. The normalized spacial score (nSPS) is 14.2. The number of imidazole rings is 2. The highest BCUT2D eigenvalue weighted by Gasteiger charge is 2.45. The number of hydrogen-bond acceptors (Lipinski definition) is 5. The fourth-order valence-electron chi connectivity index (χ4n) is 9.51. The van der Waals surface area contributed by atoms with Gasteiger partial charge in [-0.25, -0.2) is 9.97 Å². The van der Waals surface area contributed by atoms with Crippen molar-refractivity contribution in [1.29, 1.82) is 0 Å². The molecule has 0 aliphatic carbocycles. The lowest BCUT2D eigenvalue weighted by atomic mass is 9.34. The maximum Gasteiger partial charge on any atom is 0.256 e. The summed E-state index contributed by atoms with van der Waals surface area (Å²) in [6.45, 7) is 4.13. The van der Waals surface area contributed by atoms with Gasteiger partial charge in [-0.3, -0.25) is 9.13 Å². The highest BCUT2D eigenvalue weighted by atomic mass is 16.5. The van der Waals surface area contributed by atoms with E-state index < -0.39 is 0 Å². The molecule has 7 heterocycles. The average Bonchev–Trinajstić information content (AvgIpc) is 3.79. The first-order valence-corrected chi connectivity index (χ1v) is 16.7. The second-order valence-corrected chi connectivity index (χ2v) is 13.7. The maximum absolute atomic E-state index is 7.07. The van der Waals surface area contributed by atoms with Crippen molar-refractivity contribution in [2.24, 2.45) is 0 Å². The van der Waals surface area contributed by atoms with E-state index in [-0.39, 0.29) is 13.4 Å². The summed E-state index contributed by atoms with van der Waals surface area (Å²) >= 11 is 0. The third kappa shape index (κ3) is 2.73. The molecule has 0 unspecified atom stereocenters. The molecule has 49 heavy (non-hydrogen) atoms. The van der Waals surface area contributed by atoms with Gasteiger partial charge in [0.25, 0.3) is 13.4 Å². The van der Waals surface area contributed by atoms with Crippen LogP contribution in [-0.2, 0) is 0 Å². The lowest BCUT2D eigenvalue weighted by Crippen LogP contribution is -2.58. The minimum Gasteiger partial charge on any atom is -0.454 e. The third-order valence-electron chi connectivity index (χ3n) is 11.3. The highest BCUT2D eigenvalue weighted by molar-refractivity contribution is 7.00. The summed E-state index contributed by atoms with van der Waals surface area (Å²) in [4.78, 5) is 10.1. The van der Waals surface area contributed by atoms with Crippen LogP contribution >= 0.6 is 0 Å². The van der Waals surface area contributed by atoms with Gasteiger partial charge in [0, 0.05) is 33.1 Å². The molecule has 0 saturated carbocycles. The van der Waals surface area contributed by atoms with Crippen LogP contribution in [0.15, 0.2) is 101 Å². The molecule has 13 rings (SSSR count). The van der Waals surface area contributed by atoms with Crippen molar-refractivity contribution in [3.05, 3.63) is 109 Å². The molecule has 0 bridgehead atoms. The Balaban J connectivity index is 1.21. The average molecular weight is 628 g/mol. The second-order valence-electron chi connectivity index (χ2n) is 13.7. The van der Waals surface area contributed by atoms with Crippen LogP contribution in [0.1, 0.15) is 11.6 Å². The van der Waals surface area contributed by atoms with E-state index in [0.29, 0.717) is 0 Å². The lowest BCUT2D eigenvalue weighted by molar-refractivity contribution is 0.469. The Morgan fingerprint density at radius 1 is 0.531 bits per heavy atom. The minimum atomic E-state index is -0.0182. The Labute approximate surface area is 279 Å². The molecule has 4 aliphatic rings. The predicted molar refractivity (Wildman–Crippen MR) is 195 cm³/mol. The molecule has 3 aromatic heterocycles. The Hall–Kier alpha value is -6.21. The van der Waals surface area contributed by atoms with Crippen LogP contribution in [-0.4, -0.2) is 32.5 Å². The van der Waals surface area contributed by atoms with Gasteiger partial charge in [-0.05, 0) is 72.1 Å². The van der Waals surface area contributed by atoms with Crippen molar-refractivity contribution >= 4 is 90.2 Å². The van der Waals surface area contributed by atoms with E-state index in [9.17, 15) is 0 Å². The molecular weight excluding hydrogens is 606 g/mol. The summed E-state index contributed by atoms with van der Waals surface area (Å²) in [5.74, 6) is 5.09. The number of furan rings is 1. The summed E-state index contributed by atoms with van der Waals surface area (Å²) in [7, 11) is 0. The number of ether oxygens (including phenoxy) is 2. The first-order valence-electron chi connectivity index (χ1n) is 16.7. The van der Waals surface area contributed by atoms with Crippen molar-refractivity contribution in [2.45, 2.75) is 13.8 Å². The standard InChI is InChI=1S/C40H22B2N4O3/c1-19-43-27-13-7-11-25-35(27)45(19)29-17-21-22-18-30-34-40(38(22)49-37(21)39-33(29)41(25)23-9-3-5-15-31(23)47-39)48-32-16-6-4-10-24(32)42(34)26-12-8-14-28-36(26)46(30)20(2)44-28/h3-18H,1-2H3. The van der Waals surface area contributed by atoms with Gasteiger partial charge in [0.15, 0.2) is 22.7 Å². The van der Waals surface area contributed by atoms with Gasteiger partial charge in [-0.2, -0.15) is 0 Å². The van der Waals surface area contributed by atoms with Crippen molar-refractivity contribution in [3.8, 4) is 34.4 Å². The summed E-state index contributed by atoms with van der Waals surface area (Å²) in [6.07, 6.45) is 0. The van der Waals surface area contributed by atoms with Crippen molar-refractivity contribution in [3.63, 3.8) is 0 Å². The van der Waals surface area contributed by atoms with Crippen LogP contribution in [0.25, 0.3) is 55.4 Å². The van der Waals surface area contributed by atoms with Crippen LogP contribution in [0.5, 0.6) is 23.0 Å². The second kappa shape index (κ2) is 8.08. The SMILES string of the molecule is Cc1nc2cccc3c2n1-c1cc2c(oc4c5c6c(cc42)-n2c(C)nc4cccc(c42)B6c2ccccc2O5)c2c1B3c1ccccc1O2. The van der Waals surface area contributed by atoms with Gasteiger partial charge in [0.05, 0.1) is 22.1 Å². The Bertz CT molecular complexity index is 2860. The molecule has 9 aromatic rings. The van der Waals surface area contributed by atoms with Crippen molar-refractivity contribution in [2.75, 3.05) is 0 Å². The van der Waals surface area contributed by atoms with Gasteiger partial charge in [-0.1, -0.05) is 60.7 Å². The Kier molecular flexibility index (Phi) is 4.10. The number of benzene rings is 6. The van der Waals surface area contributed by atoms with E-state index >= 15 is 0 Å². The molecule has 0 radical (unpaired) electrons. The number of hydrogen-bond donors (Lipinski definition) is 0. The zero-order valence-corrected chi connectivity index (χ0v) is 26.4. The van der Waals surface area contributed by atoms with Crippen LogP contribution in [0.3, 0.4) is 0 Å². The molecule has 0 N–H and O–H groups in total. The van der Waals surface area contributed by atoms with Crippen LogP contribution < -0.4 is 42.3 Å². The maximum atomic E-state index is 7.07. The molecule has 6 aromatic carbocycles. The molecule has 0 atom stereocenters. The molecule has 4 aliphatic heterocycles. The zero-order valence-electron chi connectivity index (χ0n) is 26.4. The molecule has 0 spiro atoms. The predicted octanol–water partition coefficient (Wildman–Crippen LogP) is 4.75. The molecular formula is C40H22B2N4O3. The molecule has 0 fully saturated rings. The zero-order chi connectivity index (χ0) is 31.9. The number of fused-ring (bicyclic) bond motifs is 13. The third-order valence-corrected chi connectivity index (χ3v) is 11.3. The van der Waals surface area contributed by atoms with Gasteiger partial charge >= 0.3 is 0 Å². The van der Waals surface area contributed by atoms with Crippen molar-refractivity contribution < 1.29 is 13.9 Å². The first kappa shape index (κ1) is 24.9. The number of nitrogens with zero attached hydrogens (tertiary/aromatic N) is 4. The summed E-state index contributed by atoms with van der Waals surface area (Å²) in [6, 6.07) is 34.3. The summed E-state index contributed by atoms with van der Waals surface area (Å²) in [5.41, 5.74) is 14.9. The van der Waals surface area contributed by atoms with E-state index in [1.165, 1.54) is 10.9 Å². The van der Waals surface area contributed by atoms with E-state index in [2.05, 4.69) is 108 Å². The summed E-state index contributed by atoms with van der Waals surface area (Å²) in [5, 5.41) is 1.96. The van der Waals surface area contributed by atoms with Gasteiger partial charge in [0.2, 0.25) is 0 Å². The molecule has 7 nitrogen and oxygen atoms in total. The summed E-state index contributed by atoms with van der Waals surface area (Å²) < 4.78 is 25.5. The fraction of sp³-hybridized carbons (Fsp3) is 0.0500. The molecule has 0 amide bonds. The van der Waals surface area contributed by atoms with E-state index in [4.69, 9.17) is 23.9 Å². The van der Waals surface area contributed by atoms with Gasteiger partial charge in [-0.15, -0.1) is 0 Å². The molecule has 9 heteroatoms. The Morgan fingerprint density at radius 2 is 0.980 bits per heavy atom. The molecule has 0 saturated heterocycles. The monoisotopic (exact) mass is 628 g/mol. The van der Waals surface area contributed by atoms with E-state index in [1.54, 1.807) is 0 Å². The first-order chi connectivity index (χ1) is 24.1. The fourth-order valence-corrected chi connectivity index (χ4v) is 9.51. The highest BCUT2D eigenvalue weighted by Crippen LogP contribution is 2.46. The number of para-hydroxylation sites is 4.